The van der Waals surface area contributed by atoms with Crippen molar-refractivity contribution in [2.75, 3.05) is 19.6 Å². The van der Waals surface area contributed by atoms with Crippen LogP contribution in [0.15, 0.2) is 21.3 Å². The number of carbonyl (C=O) groups is 1. The van der Waals surface area contributed by atoms with Gasteiger partial charge in [0.2, 0.25) is 0 Å². The van der Waals surface area contributed by atoms with Crippen molar-refractivity contribution >= 4 is 56.9 Å². The molecule has 1 atom stereocenters. The molecule has 1 unspecified atom stereocenters. The van der Waals surface area contributed by atoms with Crippen LogP contribution in [0.2, 0.25) is 0 Å². The molecule has 3 rings (SSSR count). The average molecular weight is 409 g/mol. The molecule has 1 aliphatic rings. The van der Waals surface area contributed by atoms with Crippen molar-refractivity contribution in [2.45, 2.75) is 13.0 Å². The fraction of sp³-hybridized carbons (Fsp3) is 0.385. The monoisotopic (exact) mass is 407 g/mol. The summed E-state index contributed by atoms with van der Waals surface area (Å²) in [7, 11) is 0. The van der Waals surface area contributed by atoms with Crippen molar-refractivity contribution in [2.24, 2.45) is 0 Å². The zero-order valence-corrected chi connectivity index (χ0v) is 15.4. The van der Waals surface area contributed by atoms with Crippen LogP contribution in [0.25, 0.3) is 9.88 Å². The molecule has 4 nitrogen and oxygen atoms in total. The molecular weight excluding hydrogens is 394 g/mol. The highest BCUT2D eigenvalue weighted by molar-refractivity contribution is 9.11. The summed E-state index contributed by atoms with van der Waals surface area (Å²) in [5.41, 5.74) is 0.559. The van der Waals surface area contributed by atoms with E-state index in [2.05, 4.69) is 33.2 Å². The molecule has 0 aliphatic carbocycles. The zero-order valence-electron chi connectivity index (χ0n) is 11.3. The van der Waals surface area contributed by atoms with E-state index in [1.807, 2.05) is 22.4 Å². The molecule has 0 bridgehead atoms. The summed E-state index contributed by atoms with van der Waals surface area (Å²) in [6, 6.07) is 4.37. The minimum atomic E-state index is 0. The second kappa shape index (κ2) is 7.19. The first kappa shape index (κ1) is 16.9. The van der Waals surface area contributed by atoms with Crippen LogP contribution < -0.4 is 5.32 Å². The lowest BCUT2D eigenvalue weighted by Crippen LogP contribution is -2.51. The SMILES string of the molecule is CC1CN(C(=O)c2csc(-c3ccc(Br)s3)n2)CCN1.Cl. The van der Waals surface area contributed by atoms with Crippen molar-refractivity contribution in [3.05, 3.63) is 27.0 Å². The van der Waals surface area contributed by atoms with Crippen LogP contribution >= 0.6 is 51.0 Å². The minimum Gasteiger partial charge on any atom is -0.334 e. The van der Waals surface area contributed by atoms with Crippen molar-refractivity contribution in [1.29, 1.82) is 0 Å². The van der Waals surface area contributed by atoms with Crippen molar-refractivity contribution in [1.82, 2.24) is 15.2 Å². The van der Waals surface area contributed by atoms with Gasteiger partial charge in [0.25, 0.3) is 5.91 Å². The Morgan fingerprint density at radius 1 is 1.52 bits per heavy atom. The molecule has 8 heteroatoms. The summed E-state index contributed by atoms with van der Waals surface area (Å²) in [6.45, 7) is 4.44. The number of carbonyl (C=O) groups excluding carboxylic acids is 1. The lowest BCUT2D eigenvalue weighted by molar-refractivity contribution is 0.0704. The first-order valence-electron chi connectivity index (χ1n) is 6.37. The molecule has 0 aromatic carbocycles. The zero-order chi connectivity index (χ0) is 14.1. The number of hydrogen-bond acceptors (Lipinski definition) is 5. The molecule has 0 spiro atoms. The molecule has 114 valence electrons. The molecule has 1 N–H and O–H groups in total. The third-order valence-corrected chi connectivity index (χ3v) is 5.80. The molecule has 1 aliphatic heterocycles. The van der Waals surface area contributed by atoms with Gasteiger partial charge in [0, 0.05) is 31.1 Å². The summed E-state index contributed by atoms with van der Waals surface area (Å²) >= 11 is 6.60. The lowest BCUT2D eigenvalue weighted by Gasteiger charge is -2.31. The molecule has 2 aromatic rings. The van der Waals surface area contributed by atoms with E-state index in [-0.39, 0.29) is 18.3 Å². The van der Waals surface area contributed by atoms with E-state index in [1.54, 1.807) is 11.3 Å². The van der Waals surface area contributed by atoms with Gasteiger partial charge >= 0.3 is 0 Å². The van der Waals surface area contributed by atoms with E-state index in [0.29, 0.717) is 11.7 Å². The van der Waals surface area contributed by atoms with Crippen LogP contribution in [0.4, 0.5) is 0 Å². The van der Waals surface area contributed by atoms with E-state index in [9.17, 15) is 4.79 Å². The van der Waals surface area contributed by atoms with Gasteiger partial charge in [-0.2, -0.15) is 0 Å². The summed E-state index contributed by atoms with van der Waals surface area (Å²) < 4.78 is 1.08. The smallest absolute Gasteiger partial charge is 0.273 e. The topological polar surface area (TPSA) is 45.2 Å². The number of halogens is 2. The molecule has 0 saturated carbocycles. The second-order valence-corrected chi connectivity index (χ2v) is 8.07. The molecular formula is C13H15BrClN3OS2. The quantitative estimate of drug-likeness (QED) is 0.827. The van der Waals surface area contributed by atoms with E-state index < -0.39 is 0 Å². The summed E-state index contributed by atoms with van der Waals surface area (Å²) in [6.07, 6.45) is 0. The van der Waals surface area contributed by atoms with E-state index in [1.165, 1.54) is 11.3 Å². The molecule has 21 heavy (non-hydrogen) atoms. The maximum Gasteiger partial charge on any atom is 0.273 e. The number of amides is 1. The van der Waals surface area contributed by atoms with E-state index in [0.717, 1.165) is 33.3 Å². The number of piperazine rings is 1. The third-order valence-electron chi connectivity index (χ3n) is 3.16. The number of nitrogens with one attached hydrogen (secondary N) is 1. The maximum absolute atomic E-state index is 12.4. The van der Waals surface area contributed by atoms with Crippen LogP contribution in [0.1, 0.15) is 17.4 Å². The average Bonchev–Trinajstić information content (AvgIpc) is 3.06. The summed E-state index contributed by atoms with van der Waals surface area (Å²) in [4.78, 5) is 19.9. The van der Waals surface area contributed by atoms with Crippen molar-refractivity contribution in [3.8, 4) is 9.88 Å². The Balaban J connectivity index is 0.00000161. The van der Waals surface area contributed by atoms with E-state index >= 15 is 0 Å². The predicted octanol–water partition coefficient (Wildman–Crippen LogP) is 3.49. The summed E-state index contributed by atoms with van der Waals surface area (Å²) in [5, 5.41) is 6.11. The Labute approximate surface area is 146 Å². The van der Waals surface area contributed by atoms with Gasteiger partial charge in [-0.15, -0.1) is 35.1 Å². The Hall–Kier alpha value is -0.470. The van der Waals surface area contributed by atoms with Crippen LogP contribution in [-0.4, -0.2) is 41.5 Å². The minimum absolute atomic E-state index is 0. The van der Waals surface area contributed by atoms with Crippen LogP contribution in [0.5, 0.6) is 0 Å². The molecule has 1 fully saturated rings. The largest absolute Gasteiger partial charge is 0.334 e. The fourth-order valence-electron chi connectivity index (χ4n) is 2.19. The number of hydrogen-bond donors (Lipinski definition) is 1. The van der Waals surface area contributed by atoms with Gasteiger partial charge in [0.05, 0.1) is 8.66 Å². The Morgan fingerprint density at radius 3 is 3.00 bits per heavy atom. The number of thiazole rings is 1. The lowest BCUT2D eigenvalue weighted by atomic mass is 10.2. The normalized spacial score (nSPS) is 18.4. The fourth-order valence-corrected chi connectivity index (χ4v) is 4.45. The molecule has 3 heterocycles. The Kier molecular flexibility index (Phi) is 5.79. The highest BCUT2D eigenvalue weighted by atomic mass is 79.9. The molecule has 1 saturated heterocycles. The van der Waals surface area contributed by atoms with Gasteiger partial charge in [-0.1, -0.05) is 0 Å². The predicted molar refractivity (Wildman–Crippen MR) is 93.7 cm³/mol. The second-order valence-electron chi connectivity index (χ2n) is 4.75. The number of aromatic nitrogens is 1. The highest BCUT2D eigenvalue weighted by Crippen LogP contribution is 2.33. The highest BCUT2D eigenvalue weighted by Gasteiger charge is 2.23. The van der Waals surface area contributed by atoms with Crippen molar-refractivity contribution < 1.29 is 4.79 Å². The van der Waals surface area contributed by atoms with Crippen molar-refractivity contribution in [3.63, 3.8) is 0 Å². The Morgan fingerprint density at radius 2 is 2.33 bits per heavy atom. The Bertz CT molecular complexity index is 630. The first-order chi connectivity index (χ1) is 9.63. The van der Waals surface area contributed by atoms with Gasteiger partial charge in [-0.25, -0.2) is 4.98 Å². The van der Waals surface area contributed by atoms with Gasteiger partial charge in [0.1, 0.15) is 10.7 Å². The van der Waals surface area contributed by atoms with E-state index in [4.69, 9.17) is 0 Å². The van der Waals surface area contributed by atoms with Gasteiger partial charge in [0.15, 0.2) is 0 Å². The van der Waals surface area contributed by atoms with Crippen LogP contribution in [-0.2, 0) is 0 Å². The molecule has 2 aromatic heterocycles. The maximum atomic E-state index is 12.4. The molecule has 1 amide bonds. The third kappa shape index (κ3) is 3.84. The van der Waals surface area contributed by atoms with Crippen LogP contribution in [0.3, 0.4) is 0 Å². The summed E-state index contributed by atoms with van der Waals surface area (Å²) in [5.74, 6) is 0.0384. The van der Waals surface area contributed by atoms with Crippen LogP contribution in [0, 0.1) is 0 Å². The first-order valence-corrected chi connectivity index (χ1v) is 8.86. The molecule has 0 radical (unpaired) electrons. The van der Waals surface area contributed by atoms with Gasteiger partial charge < -0.3 is 10.2 Å². The van der Waals surface area contributed by atoms with Gasteiger partial charge in [-0.05, 0) is 35.0 Å². The number of nitrogens with zero attached hydrogens (tertiary/aromatic N) is 2. The van der Waals surface area contributed by atoms with Gasteiger partial charge in [-0.3, -0.25) is 4.79 Å². The number of rotatable bonds is 2. The number of thiophene rings is 1. The standard InChI is InChI=1S/C13H14BrN3OS2.ClH/c1-8-6-17(5-4-15-8)13(18)9-7-19-12(16-9)10-2-3-11(14)20-10;/h2-3,7-8,15H,4-6H2,1H3;1H.